The lowest BCUT2D eigenvalue weighted by molar-refractivity contribution is -0.119. The van der Waals surface area contributed by atoms with Gasteiger partial charge in [0, 0.05) is 43.8 Å². The molecular weight excluding hydrogens is 332 g/mol. The SMILES string of the molecule is O=C(CSCc1ccccn1)NC1CCN(Cc2ccccn2)CC1. The van der Waals surface area contributed by atoms with Crippen LogP contribution in [0.4, 0.5) is 0 Å². The lowest BCUT2D eigenvalue weighted by Crippen LogP contribution is -2.44. The van der Waals surface area contributed by atoms with Crippen LogP contribution in [0.2, 0.25) is 0 Å². The average molecular weight is 356 g/mol. The van der Waals surface area contributed by atoms with Crippen LogP contribution in [0.1, 0.15) is 24.2 Å². The number of nitrogens with zero attached hydrogens (tertiary/aromatic N) is 3. The van der Waals surface area contributed by atoms with Gasteiger partial charge in [-0.25, -0.2) is 0 Å². The molecule has 1 aliphatic heterocycles. The smallest absolute Gasteiger partial charge is 0.230 e. The summed E-state index contributed by atoms with van der Waals surface area (Å²) in [6.45, 7) is 2.90. The molecule has 2 aromatic rings. The van der Waals surface area contributed by atoms with Crippen molar-refractivity contribution in [1.82, 2.24) is 20.2 Å². The van der Waals surface area contributed by atoms with Crippen molar-refractivity contribution in [2.45, 2.75) is 31.2 Å². The molecule has 1 amide bonds. The van der Waals surface area contributed by atoms with E-state index in [1.807, 2.05) is 36.5 Å². The number of amides is 1. The number of hydrogen-bond acceptors (Lipinski definition) is 5. The molecule has 5 nitrogen and oxygen atoms in total. The second-order valence-corrected chi connectivity index (χ2v) is 7.24. The molecule has 0 unspecified atom stereocenters. The van der Waals surface area contributed by atoms with Crippen molar-refractivity contribution in [3.05, 3.63) is 60.2 Å². The summed E-state index contributed by atoms with van der Waals surface area (Å²) in [6.07, 6.45) is 5.63. The molecule has 0 spiro atoms. The van der Waals surface area contributed by atoms with E-state index >= 15 is 0 Å². The minimum atomic E-state index is 0.129. The van der Waals surface area contributed by atoms with Crippen molar-refractivity contribution in [3.8, 4) is 0 Å². The fourth-order valence-corrected chi connectivity index (χ4v) is 3.71. The van der Waals surface area contributed by atoms with E-state index < -0.39 is 0 Å². The molecule has 6 heteroatoms. The van der Waals surface area contributed by atoms with Crippen LogP contribution >= 0.6 is 11.8 Å². The largest absolute Gasteiger partial charge is 0.353 e. The molecular formula is C19H24N4OS. The molecule has 1 N–H and O–H groups in total. The number of hydrogen-bond donors (Lipinski definition) is 1. The summed E-state index contributed by atoms with van der Waals surface area (Å²) in [5.41, 5.74) is 2.12. The highest BCUT2D eigenvalue weighted by molar-refractivity contribution is 7.99. The quantitative estimate of drug-likeness (QED) is 0.826. The van der Waals surface area contributed by atoms with Crippen LogP contribution in [0.5, 0.6) is 0 Å². The second-order valence-electron chi connectivity index (χ2n) is 6.25. The Morgan fingerprint density at radius 3 is 2.40 bits per heavy atom. The monoisotopic (exact) mass is 356 g/mol. The third kappa shape index (κ3) is 6.14. The second kappa shape index (κ2) is 9.53. The number of carbonyl (C=O) groups is 1. The molecule has 0 aliphatic carbocycles. The van der Waals surface area contributed by atoms with E-state index in [-0.39, 0.29) is 5.91 Å². The van der Waals surface area contributed by atoms with Crippen LogP contribution in [0.25, 0.3) is 0 Å². The Morgan fingerprint density at radius 2 is 1.76 bits per heavy atom. The number of carbonyl (C=O) groups excluding carboxylic acids is 1. The van der Waals surface area contributed by atoms with Crippen LogP contribution in [-0.4, -0.2) is 45.7 Å². The summed E-state index contributed by atoms with van der Waals surface area (Å²) in [6, 6.07) is 12.2. The topological polar surface area (TPSA) is 58.1 Å². The Hall–Kier alpha value is -1.92. The molecule has 132 valence electrons. The number of pyridine rings is 2. The van der Waals surface area contributed by atoms with Gasteiger partial charge in [0.25, 0.3) is 0 Å². The van der Waals surface area contributed by atoms with E-state index in [9.17, 15) is 4.79 Å². The molecule has 0 aromatic carbocycles. The van der Waals surface area contributed by atoms with Crippen molar-refractivity contribution in [3.63, 3.8) is 0 Å². The van der Waals surface area contributed by atoms with Gasteiger partial charge in [0.15, 0.2) is 0 Å². The maximum atomic E-state index is 12.1. The number of rotatable bonds is 7. The lowest BCUT2D eigenvalue weighted by Gasteiger charge is -2.32. The number of aromatic nitrogens is 2. The molecule has 0 saturated carbocycles. The van der Waals surface area contributed by atoms with E-state index in [1.165, 1.54) is 0 Å². The standard InChI is InChI=1S/C19H24N4OS/c24-19(15-25-14-18-6-2-4-10-21-18)22-16-7-11-23(12-8-16)13-17-5-1-3-9-20-17/h1-6,9-10,16H,7-8,11-15H2,(H,22,24). The predicted molar refractivity (Wildman–Crippen MR) is 101 cm³/mol. The van der Waals surface area contributed by atoms with Gasteiger partial charge in [-0.15, -0.1) is 11.8 Å². The molecule has 2 aromatic heterocycles. The van der Waals surface area contributed by atoms with Gasteiger partial charge in [-0.05, 0) is 37.1 Å². The zero-order chi connectivity index (χ0) is 17.3. The van der Waals surface area contributed by atoms with E-state index in [4.69, 9.17) is 0 Å². The first kappa shape index (κ1) is 17.9. The first-order valence-corrected chi connectivity index (χ1v) is 9.84. The minimum Gasteiger partial charge on any atom is -0.353 e. The third-order valence-corrected chi connectivity index (χ3v) is 5.24. The summed E-state index contributed by atoms with van der Waals surface area (Å²) < 4.78 is 0. The summed E-state index contributed by atoms with van der Waals surface area (Å²) in [5.74, 6) is 1.39. The summed E-state index contributed by atoms with van der Waals surface area (Å²) in [4.78, 5) is 23.2. The molecule has 0 bridgehead atoms. The number of piperidine rings is 1. The Bertz CT molecular complexity index is 645. The number of thioether (sulfide) groups is 1. The van der Waals surface area contributed by atoms with Crippen LogP contribution in [0, 0.1) is 0 Å². The van der Waals surface area contributed by atoms with Gasteiger partial charge in [0.1, 0.15) is 0 Å². The molecule has 3 rings (SSSR count). The molecule has 0 radical (unpaired) electrons. The van der Waals surface area contributed by atoms with Gasteiger partial charge in [-0.2, -0.15) is 0 Å². The zero-order valence-electron chi connectivity index (χ0n) is 14.3. The Balaban J connectivity index is 1.32. The Labute approximate surface area is 153 Å². The molecule has 0 atom stereocenters. The van der Waals surface area contributed by atoms with Gasteiger partial charge in [-0.1, -0.05) is 12.1 Å². The molecule has 3 heterocycles. The highest BCUT2D eigenvalue weighted by Gasteiger charge is 2.20. The van der Waals surface area contributed by atoms with Gasteiger partial charge in [-0.3, -0.25) is 19.7 Å². The van der Waals surface area contributed by atoms with Crippen molar-refractivity contribution < 1.29 is 4.79 Å². The maximum Gasteiger partial charge on any atom is 0.230 e. The highest BCUT2D eigenvalue weighted by Crippen LogP contribution is 2.14. The van der Waals surface area contributed by atoms with Gasteiger partial charge >= 0.3 is 0 Å². The van der Waals surface area contributed by atoms with Crippen molar-refractivity contribution in [2.24, 2.45) is 0 Å². The predicted octanol–water partition coefficient (Wildman–Crippen LogP) is 2.49. The van der Waals surface area contributed by atoms with E-state index in [0.717, 1.165) is 49.6 Å². The van der Waals surface area contributed by atoms with Gasteiger partial charge in [0.05, 0.1) is 17.1 Å². The molecule has 25 heavy (non-hydrogen) atoms. The zero-order valence-corrected chi connectivity index (χ0v) is 15.1. The van der Waals surface area contributed by atoms with Crippen LogP contribution in [0.3, 0.4) is 0 Å². The summed E-state index contributed by atoms with van der Waals surface area (Å²) in [7, 11) is 0. The van der Waals surface area contributed by atoms with E-state index in [2.05, 4.69) is 26.3 Å². The van der Waals surface area contributed by atoms with Crippen LogP contribution < -0.4 is 5.32 Å². The van der Waals surface area contributed by atoms with E-state index in [1.54, 1.807) is 18.0 Å². The van der Waals surface area contributed by atoms with Gasteiger partial charge < -0.3 is 5.32 Å². The molecule has 1 saturated heterocycles. The normalized spacial score (nSPS) is 15.8. The van der Waals surface area contributed by atoms with Crippen molar-refractivity contribution in [2.75, 3.05) is 18.8 Å². The fourth-order valence-electron chi connectivity index (χ4n) is 2.96. The molecule has 1 aliphatic rings. The fraction of sp³-hybridized carbons (Fsp3) is 0.421. The highest BCUT2D eigenvalue weighted by atomic mass is 32.2. The molecule has 1 fully saturated rings. The minimum absolute atomic E-state index is 0.129. The van der Waals surface area contributed by atoms with Gasteiger partial charge in [0.2, 0.25) is 5.91 Å². The summed E-state index contributed by atoms with van der Waals surface area (Å²) in [5, 5.41) is 3.17. The average Bonchev–Trinajstić information content (AvgIpc) is 2.65. The Morgan fingerprint density at radius 1 is 1.08 bits per heavy atom. The lowest BCUT2D eigenvalue weighted by atomic mass is 10.0. The summed E-state index contributed by atoms with van der Waals surface area (Å²) >= 11 is 1.61. The van der Waals surface area contributed by atoms with Crippen LogP contribution in [-0.2, 0) is 17.1 Å². The first-order chi connectivity index (χ1) is 12.3. The third-order valence-electron chi connectivity index (χ3n) is 4.27. The number of nitrogens with one attached hydrogen (secondary N) is 1. The van der Waals surface area contributed by atoms with Crippen LogP contribution in [0.15, 0.2) is 48.8 Å². The Kier molecular flexibility index (Phi) is 6.82. The first-order valence-electron chi connectivity index (χ1n) is 8.69. The van der Waals surface area contributed by atoms with E-state index in [0.29, 0.717) is 11.8 Å². The number of likely N-dealkylation sites (tertiary alicyclic amines) is 1. The maximum absolute atomic E-state index is 12.1. The van der Waals surface area contributed by atoms with Crippen molar-refractivity contribution in [1.29, 1.82) is 0 Å². The van der Waals surface area contributed by atoms with Crippen molar-refractivity contribution >= 4 is 17.7 Å².